The molecule has 6 atom stereocenters. The summed E-state index contributed by atoms with van der Waals surface area (Å²) in [6.45, 7) is 4.74. The van der Waals surface area contributed by atoms with E-state index >= 15 is 0 Å². The highest BCUT2D eigenvalue weighted by Gasteiger charge is 2.43. The minimum Gasteiger partial charge on any atom is -0.465 e. The number of hydrogen-bond donors (Lipinski definition) is 1. The van der Waals surface area contributed by atoms with Gasteiger partial charge in [0.1, 0.15) is 18.1 Å². The maximum atomic E-state index is 13.2. The average molecular weight is 689 g/mol. The van der Waals surface area contributed by atoms with Crippen molar-refractivity contribution in [2.24, 2.45) is 11.8 Å². The molecule has 268 valence electrons. The summed E-state index contributed by atoms with van der Waals surface area (Å²) in [7, 11) is 0. The van der Waals surface area contributed by atoms with Gasteiger partial charge in [0, 0.05) is 0 Å². The number of fused-ring (bicyclic) bond motifs is 1. The van der Waals surface area contributed by atoms with Gasteiger partial charge in [0.05, 0.1) is 42.7 Å². The molecule has 3 aromatic rings. The molecule has 3 aliphatic rings. The summed E-state index contributed by atoms with van der Waals surface area (Å²) in [5, 5.41) is 9.70. The largest absolute Gasteiger partial charge is 0.465 e. The Kier molecular flexibility index (Phi) is 12.4. The minimum absolute atomic E-state index is 0.165. The van der Waals surface area contributed by atoms with Crippen LogP contribution in [0.5, 0.6) is 11.5 Å². The highest BCUT2D eigenvalue weighted by Crippen LogP contribution is 2.39. The molecule has 50 heavy (non-hydrogen) atoms. The molecule has 0 amide bonds. The van der Waals surface area contributed by atoms with E-state index in [0.717, 1.165) is 44.9 Å². The van der Waals surface area contributed by atoms with Gasteiger partial charge >= 0.3 is 11.9 Å². The molecule has 0 spiro atoms. The first-order chi connectivity index (χ1) is 24.3. The molecule has 1 saturated heterocycles. The monoisotopic (exact) mass is 688 g/mol. The molecule has 10 heteroatoms. The summed E-state index contributed by atoms with van der Waals surface area (Å²) in [6.07, 6.45) is 5.77. The van der Waals surface area contributed by atoms with E-state index in [2.05, 4.69) is 0 Å². The Morgan fingerprint density at radius 1 is 0.700 bits per heavy atom. The van der Waals surface area contributed by atoms with Gasteiger partial charge in [-0.15, -0.1) is 0 Å². The zero-order chi connectivity index (χ0) is 34.9. The van der Waals surface area contributed by atoms with Crippen molar-refractivity contribution in [3.8, 4) is 11.5 Å². The van der Waals surface area contributed by atoms with E-state index in [0.29, 0.717) is 65.4 Å². The van der Waals surface area contributed by atoms with Gasteiger partial charge in [-0.05, 0) is 125 Å². The second kappa shape index (κ2) is 17.3. The van der Waals surface area contributed by atoms with Crippen LogP contribution in [0, 0.1) is 11.8 Å². The fourth-order valence-electron chi connectivity index (χ4n) is 6.58. The highest BCUT2D eigenvalue weighted by atomic mass is 16.7. The Hall–Kier alpha value is -3.96. The Morgan fingerprint density at radius 2 is 1.26 bits per heavy atom. The number of rotatable bonds is 16. The van der Waals surface area contributed by atoms with Crippen LogP contribution in [0.3, 0.4) is 0 Å². The zero-order valence-corrected chi connectivity index (χ0v) is 28.8. The van der Waals surface area contributed by atoms with Crippen molar-refractivity contribution in [2.45, 2.75) is 95.8 Å². The number of epoxide rings is 1. The molecule has 3 aromatic carbocycles. The van der Waals surface area contributed by atoms with Crippen LogP contribution in [0.15, 0.2) is 78.9 Å². The van der Waals surface area contributed by atoms with E-state index < -0.39 is 30.6 Å². The topological polar surface area (TPSA) is 122 Å². The van der Waals surface area contributed by atoms with E-state index in [1.807, 2.05) is 44.2 Å². The third-order valence-corrected chi connectivity index (χ3v) is 9.63. The van der Waals surface area contributed by atoms with Crippen LogP contribution in [0.2, 0.25) is 0 Å². The first-order valence-electron chi connectivity index (χ1n) is 17.8. The third-order valence-electron chi connectivity index (χ3n) is 9.63. The van der Waals surface area contributed by atoms with Gasteiger partial charge in [-0.1, -0.05) is 30.3 Å². The quantitative estimate of drug-likeness (QED) is 0.0953. The molecular formula is C40H48O10. The number of carbonyl (C=O) groups excluding carboxylic acids is 2. The molecule has 0 aromatic heterocycles. The lowest BCUT2D eigenvalue weighted by atomic mass is 9.88. The van der Waals surface area contributed by atoms with E-state index in [4.69, 9.17) is 33.2 Å². The number of aliphatic hydroxyl groups is 1. The molecule has 1 heterocycles. The third kappa shape index (κ3) is 10.5. The van der Waals surface area contributed by atoms with E-state index in [9.17, 15) is 14.7 Å². The van der Waals surface area contributed by atoms with Crippen molar-refractivity contribution >= 4 is 11.9 Å². The molecule has 0 bridgehead atoms. The van der Waals surface area contributed by atoms with Crippen molar-refractivity contribution in [3.05, 3.63) is 95.6 Å². The number of benzene rings is 3. The lowest BCUT2D eigenvalue weighted by Gasteiger charge is -2.26. The molecule has 10 nitrogen and oxygen atoms in total. The van der Waals surface area contributed by atoms with Gasteiger partial charge in [-0.3, -0.25) is 0 Å². The summed E-state index contributed by atoms with van der Waals surface area (Å²) < 4.78 is 40.6. The molecular weight excluding hydrogens is 640 g/mol. The predicted molar refractivity (Wildman–Crippen MR) is 184 cm³/mol. The minimum atomic E-state index is -0.819. The van der Waals surface area contributed by atoms with Gasteiger partial charge in [-0.2, -0.15) is 0 Å². The molecule has 6 rings (SSSR count). The van der Waals surface area contributed by atoms with Crippen LogP contribution in [-0.4, -0.2) is 67.8 Å². The van der Waals surface area contributed by atoms with Crippen molar-refractivity contribution in [1.82, 2.24) is 0 Å². The first-order valence-corrected chi connectivity index (χ1v) is 17.8. The molecule has 2 aliphatic carbocycles. The Bertz CT molecular complexity index is 1500. The standard InChI is InChI=1S/C40H48O10/c1-26(44-23-28-8-15-33(41)16-9-28)47-35-19-13-32(14-20-35)40(43)50-38(30-6-4-3-5-7-30)25-46-39(42)31-11-17-34(18-12-31)48-27(2)45-24-29-10-21-36-37(22-29)49-36/h3-7,11-14,17-20,26-29,33,36-38,41H,8-10,15-16,21-25H2,1-2H3. The number of carbonyl (C=O) groups is 2. The second-order valence-corrected chi connectivity index (χ2v) is 13.6. The Morgan fingerprint density at radius 3 is 1.86 bits per heavy atom. The van der Waals surface area contributed by atoms with Gasteiger partial charge in [0.15, 0.2) is 18.7 Å². The van der Waals surface area contributed by atoms with Gasteiger partial charge < -0.3 is 38.3 Å². The van der Waals surface area contributed by atoms with Crippen molar-refractivity contribution < 1.29 is 47.9 Å². The fourth-order valence-corrected chi connectivity index (χ4v) is 6.58. The van der Waals surface area contributed by atoms with E-state index in [-0.39, 0.29) is 12.7 Å². The first kappa shape index (κ1) is 35.9. The molecule has 1 N–H and O–H groups in total. The summed E-state index contributed by atoms with van der Waals surface area (Å²) in [5.74, 6) is 0.950. The van der Waals surface area contributed by atoms with Crippen LogP contribution in [0.1, 0.15) is 91.2 Å². The maximum Gasteiger partial charge on any atom is 0.338 e. The number of hydrogen-bond acceptors (Lipinski definition) is 10. The Labute approximate surface area is 293 Å². The van der Waals surface area contributed by atoms with Crippen LogP contribution >= 0.6 is 0 Å². The molecule has 6 unspecified atom stereocenters. The SMILES string of the molecule is CC(OCC1CCC(O)CC1)Oc1ccc(C(=O)OC(COC(=O)c2ccc(OC(C)OCC3CCC4OC4C3)cc2)c2ccccc2)cc1. The van der Waals surface area contributed by atoms with Crippen molar-refractivity contribution in [3.63, 3.8) is 0 Å². The van der Waals surface area contributed by atoms with Crippen LogP contribution in [-0.2, 0) is 23.7 Å². The van der Waals surface area contributed by atoms with Crippen LogP contribution in [0.4, 0.5) is 0 Å². The molecule has 0 radical (unpaired) electrons. The summed E-state index contributed by atoms with van der Waals surface area (Å²) in [5.41, 5.74) is 1.37. The number of esters is 2. The average Bonchev–Trinajstić information content (AvgIpc) is 3.92. The second-order valence-electron chi connectivity index (χ2n) is 13.6. The number of aliphatic hydroxyl groups excluding tert-OH is 1. The zero-order valence-electron chi connectivity index (χ0n) is 28.8. The summed E-state index contributed by atoms with van der Waals surface area (Å²) in [6, 6.07) is 22.5. The lowest BCUT2D eigenvalue weighted by molar-refractivity contribution is -0.0849. The van der Waals surface area contributed by atoms with Crippen molar-refractivity contribution in [1.29, 1.82) is 0 Å². The van der Waals surface area contributed by atoms with E-state index in [1.54, 1.807) is 48.5 Å². The van der Waals surface area contributed by atoms with Crippen LogP contribution < -0.4 is 9.47 Å². The Balaban J connectivity index is 0.961. The van der Waals surface area contributed by atoms with Gasteiger partial charge in [0.25, 0.3) is 0 Å². The molecule has 1 aliphatic heterocycles. The number of ether oxygens (including phenoxy) is 7. The van der Waals surface area contributed by atoms with Gasteiger partial charge in [-0.25, -0.2) is 9.59 Å². The molecule has 2 saturated carbocycles. The van der Waals surface area contributed by atoms with Crippen LogP contribution in [0.25, 0.3) is 0 Å². The van der Waals surface area contributed by atoms with Crippen molar-refractivity contribution in [2.75, 3.05) is 19.8 Å². The van der Waals surface area contributed by atoms with Gasteiger partial charge in [0.2, 0.25) is 0 Å². The highest BCUT2D eigenvalue weighted by molar-refractivity contribution is 5.90. The summed E-state index contributed by atoms with van der Waals surface area (Å²) in [4.78, 5) is 26.2. The predicted octanol–water partition coefficient (Wildman–Crippen LogP) is 7.04. The van der Waals surface area contributed by atoms with E-state index in [1.165, 1.54) is 0 Å². The summed E-state index contributed by atoms with van der Waals surface area (Å²) >= 11 is 0. The smallest absolute Gasteiger partial charge is 0.338 e. The lowest BCUT2D eigenvalue weighted by Crippen LogP contribution is -2.25. The normalized spacial score (nSPS) is 24.6. The maximum absolute atomic E-state index is 13.2. The molecule has 3 fully saturated rings. The fraction of sp³-hybridized carbons (Fsp3) is 0.500.